The summed E-state index contributed by atoms with van der Waals surface area (Å²) in [6.07, 6.45) is 34.0. The van der Waals surface area contributed by atoms with E-state index in [9.17, 15) is 0 Å². The molecule has 0 aromatic carbocycles. The standard InChI is InChI=1S/C15H25N2.C11H21N2.C9H17N2/c1-3-7-14(8-4-1)16-11-12-17(13-16)15-9-5-2-6-10-15;1-10(2)7-12-5-6-13(9-12)8-11(3)4;1-8(2)10-5-6-11(7-10)9(3)4/h11-15H,1-10H2;5-6,9-11H,7-8H2,1-4H3;5-9H,1-4H3/q3*+1. The SMILES string of the molecule is CC(C)Cn1cc[n+](CC(C)C)c1.CC(C)n1cc[n+](C(C)C)c1.c1c[n+](C2CCCCC2)cn1C1CCCCC1. The van der Waals surface area contributed by atoms with E-state index in [1.807, 2.05) is 0 Å². The number of aromatic nitrogens is 6. The fourth-order valence-electron chi connectivity index (χ4n) is 6.07. The molecule has 6 heteroatoms. The molecule has 3 heterocycles. The molecule has 41 heavy (non-hydrogen) atoms. The molecule has 0 bridgehead atoms. The van der Waals surface area contributed by atoms with Gasteiger partial charge in [-0.2, -0.15) is 0 Å². The van der Waals surface area contributed by atoms with Crippen LogP contribution in [0.3, 0.4) is 0 Å². The molecule has 2 aliphatic carbocycles. The van der Waals surface area contributed by atoms with Gasteiger partial charge >= 0.3 is 0 Å². The smallest absolute Gasteiger partial charge is 0.237 e. The molecule has 0 aliphatic heterocycles. The van der Waals surface area contributed by atoms with Crippen LogP contribution in [0.5, 0.6) is 0 Å². The second-order valence-corrected chi connectivity index (χ2v) is 14.0. The Kier molecular flexibility index (Phi) is 13.7. The minimum atomic E-state index is 0.565. The van der Waals surface area contributed by atoms with Crippen LogP contribution in [0.1, 0.15) is 144 Å². The summed E-state index contributed by atoms with van der Waals surface area (Å²) in [6.45, 7) is 19.9. The second kappa shape index (κ2) is 16.9. The average molecular weight is 568 g/mol. The van der Waals surface area contributed by atoms with Crippen molar-refractivity contribution in [2.45, 2.75) is 157 Å². The average Bonchev–Trinajstić information content (AvgIpc) is 3.71. The van der Waals surface area contributed by atoms with Gasteiger partial charge in [-0.1, -0.05) is 40.5 Å². The van der Waals surface area contributed by atoms with Gasteiger partial charge in [0.15, 0.2) is 0 Å². The molecule has 3 aromatic heterocycles. The highest BCUT2D eigenvalue weighted by molar-refractivity contribution is 4.79. The maximum absolute atomic E-state index is 2.48. The molecule has 0 N–H and O–H groups in total. The molecule has 5 rings (SSSR count). The van der Waals surface area contributed by atoms with Crippen molar-refractivity contribution in [3.05, 3.63) is 56.2 Å². The van der Waals surface area contributed by atoms with Gasteiger partial charge in [0.05, 0.1) is 25.2 Å². The number of hydrogen-bond donors (Lipinski definition) is 0. The van der Waals surface area contributed by atoms with Crippen molar-refractivity contribution in [1.29, 1.82) is 0 Å². The lowest BCUT2D eigenvalue weighted by atomic mass is 9.95. The maximum Gasteiger partial charge on any atom is 0.244 e. The number of rotatable bonds is 8. The first-order chi connectivity index (χ1) is 19.6. The van der Waals surface area contributed by atoms with Crippen molar-refractivity contribution in [3.63, 3.8) is 0 Å². The van der Waals surface area contributed by atoms with Crippen LogP contribution in [0.2, 0.25) is 0 Å². The largest absolute Gasteiger partial charge is 0.244 e. The lowest BCUT2D eigenvalue weighted by molar-refractivity contribution is -0.725. The van der Waals surface area contributed by atoms with Crippen molar-refractivity contribution in [1.82, 2.24) is 13.7 Å². The van der Waals surface area contributed by atoms with E-state index in [1.165, 1.54) is 64.2 Å². The fraction of sp³-hybridized carbons (Fsp3) is 0.743. The third-order valence-corrected chi connectivity index (χ3v) is 8.44. The Morgan fingerprint density at radius 1 is 0.659 bits per heavy atom. The van der Waals surface area contributed by atoms with Crippen LogP contribution >= 0.6 is 0 Å². The normalized spacial score (nSPS) is 16.7. The van der Waals surface area contributed by atoms with Crippen LogP contribution in [0.25, 0.3) is 0 Å². The van der Waals surface area contributed by atoms with Gasteiger partial charge in [0.25, 0.3) is 0 Å². The molecule has 0 spiro atoms. The summed E-state index contributed by atoms with van der Waals surface area (Å²) >= 11 is 0. The molecular formula is C35H63N6+3. The molecule has 3 aromatic rings. The Labute approximate surface area is 252 Å². The zero-order valence-corrected chi connectivity index (χ0v) is 27.8. The van der Waals surface area contributed by atoms with Gasteiger partial charge in [0.2, 0.25) is 19.0 Å². The van der Waals surface area contributed by atoms with Gasteiger partial charge in [-0.25, -0.2) is 27.4 Å². The summed E-state index contributed by atoms with van der Waals surface area (Å²) in [5.74, 6) is 1.44. The third kappa shape index (κ3) is 11.4. The Balaban J connectivity index is 0.000000174. The molecule has 0 radical (unpaired) electrons. The first-order valence-corrected chi connectivity index (χ1v) is 16.8. The Morgan fingerprint density at radius 2 is 1.32 bits per heavy atom. The molecule has 0 unspecified atom stereocenters. The minimum Gasteiger partial charge on any atom is -0.237 e. The van der Waals surface area contributed by atoms with Crippen LogP contribution in [0.4, 0.5) is 0 Å². The molecule has 230 valence electrons. The van der Waals surface area contributed by atoms with Crippen molar-refractivity contribution in [3.8, 4) is 0 Å². The highest BCUT2D eigenvalue weighted by Crippen LogP contribution is 2.28. The summed E-state index contributed by atoms with van der Waals surface area (Å²) in [7, 11) is 0. The zero-order chi connectivity index (χ0) is 29.8. The maximum atomic E-state index is 2.48. The van der Waals surface area contributed by atoms with Crippen molar-refractivity contribution < 1.29 is 13.7 Å². The first kappa shape index (κ1) is 33.1. The lowest BCUT2D eigenvalue weighted by Crippen LogP contribution is -2.38. The summed E-state index contributed by atoms with van der Waals surface area (Å²) in [4.78, 5) is 0. The lowest BCUT2D eigenvalue weighted by Gasteiger charge is -2.20. The molecule has 6 nitrogen and oxygen atoms in total. The fourth-order valence-corrected chi connectivity index (χ4v) is 6.07. The Hall–Kier alpha value is -2.37. The Morgan fingerprint density at radius 3 is 1.85 bits per heavy atom. The monoisotopic (exact) mass is 568 g/mol. The van der Waals surface area contributed by atoms with Crippen molar-refractivity contribution >= 4 is 0 Å². The third-order valence-electron chi connectivity index (χ3n) is 8.44. The van der Waals surface area contributed by atoms with Crippen LogP contribution in [0, 0.1) is 11.8 Å². The molecule has 0 atom stereocenters. The molecule has 0 saturated heterocycles. The highest BCUT2D eigenvalue weighted by atomic mass is 15.2. The summed E-state index contributed by atoms with van der Waals surface area (Å²) in [5.41, 5.74) is 0. The van der Waals surface area contributed by atoms with E-state index < -0.39 is 0 Å². The highest BCUT2D eigenvalue weighted by Gasteiger charge is 2.23. The van der Waals surface area contributed by atoms with E-state index in [0.29, 0.717) is 12.1 Å². The van der Waals surface area contributed by atoms with Crippen LogP contribution in [0.15, 0.2) is 56.2 Å². The van der Waals surface area contributed by atoms with Crippen LogP contribution in [-0.2, 0) is 13.1 Å². The van der Waals surface area contributed by atoms with Gasteiger partial charge in [-0.05, 0) is 90.9 Å². The van der Waals surface area contributed by atoms with Gasteiger partial charge < -0.3 is 0 Å². The van der Waals surface area contributed by atoms with E-state index in [-0.39, 0.29) is 0 Å². The van der Waals surface area contributed by atoms with Gasteiger partial charge in [-0.15, -0.1) is 0 Å². The van der Waals surface area contributed by atoms with E-state index in [2.05, 4.69) is 139 Å². The van der Waals surface area contributed by atoms with Crippen LogP contribution < -0.4 is 13.7 Å². The van der Waals surface area contributed by atoms with Gasteiger partial charge in [0.1, 0.15) is 49.3 Å². The Bertz CT molecular complexity index is 1010. The van der Waals surface area contributed by atoms with Gasteiger partial charge in [-0.3, -0.25) is 0 Å². The van der Waals surface area contributed by atoms with E-state index in [0.717, 1.165) is 37.0 Å². The summed E-state index contributed by atoms with van der Waals surface area (Å²) in [5, 5.41) is 0. The summed E-state index contributed by atoms with van der Waals surface area (Å²) in [6, 6.07) is 2.70. The van der Waals surface area contributed by atoms with E-state index in [4.69, 9.17) is 0 Å². The quantitative estimate of drug-likeness (QED) is 0.248. The predicted octanol–water partition coefficient (Wildman–Crippen LogP) is 7.81. The molecule has 2 saturated carbocycles. The number of hydrogen-bond acceptors (Lipinski definition) is 0. The molecule has 0 amide bonds. The minimum absolute atomic E-state index is 0.565. The number of nitrogens with zero attached hydrogens (tertiary/aromatic N) is 6. The molecule has 2 fully saturated rings. The second-order valence-electron chi connectivity index (χ2n) is 14.0. The topological polar surface area (TPSA) is 26.4 Å². The van der Waals surface area contributed by atoms with E-state index in [1.54, 1.807) is 0 Å². The molecular weight excluding hydrogens is 504 g/mol. The van der Waals surface area contributed by atoms with Gasteiger partial charge in [0, 0.05) is 0 Å². The zero-order valence-electron chi connectivity index (χ0n) is 27.8. The van der Waals surface area contributed by atoms with E-state index >= 15 is 0 Å². The van der Waals surface area contributed by atoms with Crippen molar-refractivity contribution in [2.75, 3.05) is 0 Å². The van der Waals surface area contributed by atoms with Crippen LogP contribution in [-0.4, -0.2) is 13.7 Å². The predicted molar refractivity (Wildman–Crippen MR) is 169 cm³/mol. The van der Waals surface area contributed by atoms with Crippen molar-refractivity contribution in [2.24, 2.45) is 11.8 Å². The first-order valence-electron chi connectivity index (χ1n) is 16.8. The molecule has 2 aliphatic rings. The summed E-state index contributed by atoms with van der Waals surface area (Å²) < 4.78 is 13.9. The number of imidazole rings is 3.